The summed E-state index contributed by atoms with van der Waals surface area (Å²) >= 11 is 6.54. The number of ketones is 1. The monoisotopic (exact) mass is 509 g/mol. The van der Waals surface area contributed by atoms with E-state index in [0.717, 1.165) is 5.56 Å². The van der Waals surface area contributed by atoms with Crippen LogP contribution in [0.1, 0.15) is 21.5 Å². The number of nitrogens with one attached hydrogen (secondary N) is 1. The van der Waals surface area contributed by atoms with Gasteiger partial charge in [-0.2, -0.15) is 0 Å². The molecule has 7 nitrogen and oxygen atoms in total. The fraction of sp³-hybridized carbons (Fsp3) is 0.154. The van der Waals surface area contributed by atoms with Gasteiger partial charge in [-0.25, -0.2) is 4.79 Å². The molecule has 0 aliphatic carbocycles. The molecule has 1 saturated heterocycles. The quantitative estimate of drug-likeness (QED) is 0.255. The molecule has 1 aliphatic heterocycles. The Morgan fingerprint density at radius 3 is 2.31 bits per heavy atom. The summed E-state index contributed by atoms with van der Waals surface area (Å²) in [6.07, 6.45) is -0.0510. The van der Waals surface area contributed by atoms with Crippen LogP contribution in [0.3, 0.4) is 0 Å². The van der Waals surface area contributed by atoms with Crippen LogP contribution in [0.5, 0.6) is 5.75 Å². The van der Waals surface area contributed by atoms with Gasteiger partial charge in [-0.05, 0) is 47.2 Å². The number of amides is 2. The lowest BCUT2D eigenvalue weighted by Gasteiger charge is -2.22. The highest BCUT2D eigenvalue weighted by atomic mass is 35.5. The summed E-state index contributed by atoms with van der Waals surface area (Å²) in [6.45, 7) is -0.195. The molecule has 1 N–H and O–H groups in total. The predicted molar refractivity (Wildman–Crippen MR) is 132 cm³/mol. The molecule has 0 radical (unpaired) electrons. The molecule has 0 aromatic heterocycles. The second kappa shape index (κ2) is 10.8. The van der Waals surface area contributed by atoms with E-state index in [1.54, 1.807) is 60.7 Å². The summed E-state index contributed by atoms with van der Waals surface area (Å²) in [4.78, 5) is 49.9. The molecule has 1 atom stereocenters. The maximum Gasteiger partial charge on any atom is 0.333 e. The van der Waals surface area contributed by atoms with Gasteiger partial charge < -0.3 is 9.47 Å². The Kier molecular flexibility index (Phi) is 7.53. The van der Waals surface area contributed by atoms with Gasteiger partial charge in [-0.3, -0.25) is 19.7 Å². The molecule has 0 spiro atoms. The zero-order valence-electron chi connectivity index (χ0n) is 18.4. The minimum Gasteiger partial charge on any atom is -0.485 e. The predicted octanol–water partition coefficient (Wildman–Crippen LogP) is 4.61. The summed E-state index contributed by atoms with van der Waals surface area (Å²) in [5, 5.41) is 2.04. The first kappa shape index (κ1) is 24.5. The Morgan fingerprint density at radius 2 is 1.66 bits per heavy atom. The van der Waals surface area contributed by atoms with Crippen molar-refractivity contribution in [3.05, 3.63) is 101 Å². The van der Waals surface area contributed by atoms with E-state index >= 15 is 0 Å². The van der Waals surface area contributed by atoms with Crippen molar-refractivity contribution in [2.75, 3.05) is 6.61 Å². The maximum atomic E-state index is 13.0. The fourth-order valence-electron chi connectivity index (χ4n) is 3.47. The molecule has 9 heteroatoms. The van der Waals surface area contributed by atoms with Gasteiger partial charge in [-0.15, -0.1) is 0 Å². The molecular formula is C26H20ClNO6S. The lowest BCUT2D eigenvalue weighted by atomic mass is 9.97. The van der Waals surface area contributed by atoms with E-state index in [4.69, 9.17) is 21.1 Å². The van der Waals surface area contributed by atoms with Crippen LogP contribution in [0.15, 0.2) is 78.9 Å². The number of rotatable bonds is 9. The molecule has 35 heavy (non-hydrogen) atoms. The van der Waals surface area contributed by atoms with Crippen molar-refractivity contribution < 1.29 is 28.7 Å². The van der Waals surface area contributed by atoms with E-state index in [1.165, 1.54) is 0 Å². The number of benzene rings is 3. The van der Waals surface area contributed by atoms with Crippen molar-refractivity contribution in [3.63, 3.8) is 0 Å². The SMILES string of the molecule is O=C1NC(=O)[C@@](Cc2ccc(OCC(=O)c3cccc(Cl)c3)cc2)(C(=O)OCc2ccccc2)S1. The first-order chi connectivity index (χ1) is 16.9. The molecule has 0 unspecified atom stereocenters. The molecule has 1 fully saturated rings. The van der Waals surface area contributed by atoms with E-state index in [9.17, 15) is 19.2 Å². The number of thioether (sulfide) groups is 1. The number of imide groups is 1. The minimum absolute atomic E-state index is 0.0170. The zero-order valence-corrected chi connectivity index (χ0v) is 19.9. The van der Waals surface area contributed by atoms with Gasteiger partial charge in [0.1, 0.15) is 12.4 Å². The second-order valence-corrected chi connectivity index (χ2v) is 9.48. The van der Waals surface area contributed by atoms with Crippen LogP contribution >= 0.6 is 23.4 Å². The van der Waals surface area contributed by atoms with E-state index in [2.05, 4.69) is 5.32 Å². The first-order valence-corrected chi connectivity index (χ1v) is 11.8. The molecule has 178 valence electrons. The molecule has 1 aliphatic rings. The van der Waals surface area contributed by atoms with Gasteiger partial charge in [0.05, 0.1) is 0 Å². The molecule has 3 aromatic rings. The van der Waals surface area contributed by atoms with Crippen LogP contribution in [-0.2, 0) is 27.4 Å². The van der Waals surface area contributed by atoms with Crippen LogP contribution < -0.4 is 10.1 Å². The van der Waals surface area contributed by atoms with Gasteiger partial charge in [0.15, 0.2) is 12.4 Å². The van der Waals surface area contributed by atoms with Crippen LogP contribution in [-0.4, -0.2) is 34.3 Å². The molecule has 1 heterocycles. The maximum absolute atomic E-state index is 13.0. The van der Waals surface area contributed by atoms with Crippen LogP contribution in [0.25, 0.3) is 0 Å². The zero-order chi connectivity index (χ0) is 24.8. The second-order valence-electron chi connectivity index (χ2n) is 7.78. The third-order valence-electron chi connectivity index (χ3n) is 5.28. The van der Waals surface area contributed by atoms with Crippen molar-refractivity contribution in [3.8, 4) is 5.75 Å². The van der Waals surface area contributed by atoms with Crippen molar-refractivity contribution in [1.82, 2.24) is 5.32 Å². The average molecular weight is 510 g/mol. The number of halogens is 1. The molecule has 4 rings (SSSR count). The van der Waals surface area contributed by atoms with Crippen molar-refractivity contribution in [2.24, 2.45) is 0 Å². The summed E-state index contributed by atoms with van der Waals surface area (Å²) in [7, 11) is 0. The molecule has 0 bridgehead atoms. The summed E-state index contributed by atoms with van der Waals surface area (Å²) in [6, 6.07) is 22.2. The number of carbonyl (C=O) groups is 4. The standard InChI is InChI=1S/C26H20ClNO6S/c27-20-8-4-7-19(13-20)22(29)16-33-21-11-9-17(10-12-21)14-26(23(30)28-25(32)35-26)24(31)34-15-18-5-2-1-3-6-18/h1-13H,14-16H2,(H,28,30,32)/t26-/m0/s1. The number of Topliss-reactive ketones (excluding diaryl/α,β-unsaturated/α-hetero) is 1. The van der Waals surface area contributed by atoms with E-state index in [0.29, 0.717) is 33.7 Å². The van der Waals surface area contributed by atoms with Gasteiger partial charge in [-0.1, -0.05) is 66.2 Å². The largest absolute Gasteiger partial charge is 0.485 e. The topological polar surface area (TPSA) is 98.8 Å². The number of hydrogen-bond acceptors (Lipinski definition) is 7. The average Bonchev–Trinajstić information content (AvgIpc) is 3.15. The van der Waals surface area contributed by atoms with Crippen molar-refractivity contribution in [1.29, 1.82) is 0 Å². The molecule has 3 aromatic carbocycles. The van der Waals surface area contributed by atoms with Gasteiger partial charge in [0.2, 0.25) is 4.75 Å². The third kappa shape index (κ3) is 5.90. The van der Waals surface area contributed by atoms with E-state index in [1.807, 2.05) is 18.2 Å². The number of hydrogen-bond donors (Lipinski definition) is 1. The molecule has 0 saturated carbocycles. The minimum atomic E-state index is -1.73. The number of carbonyl (C=O) groups excluding carboxylic acids is 4. The highest BCUT2D eigenvalue weighted by molar-refractivity contribution is 8.16. The first-order valence-electron chi connectivity index (χ1n) is 10.6. The Bertz CT molecular complexity index is 1260. The van der Waals surface area contributed by atoms with Crippen LogP contribution in [0.2, 0.25) is 5.02 Å². The highest BCUT2D eigenvalue weighted by Gasteiger charge is 2.55. The summed E-state index contributed by atoms with van der Waals surface area (Å²) in [5.41, 5.74) is 1.83. The Balaban J connectivity index is 1.42. The van der Waals surface area contributed by atoms with Crippen molar-refractivity contribution >= 4 is 46.3 Å². The fourth-order valence-corrected chi connectivity index (χ4v) is 4.65. The summed E-state index contributed by atoms with van der Waals surface area (Å²) < 4.78 is 9.24. The van der Waals surface area contributed by atoms with Gasteiger partial charge >= 0.3 is 5.97 Å². The van der Waals surface area contributed by atoms with Crippen LogP contribution in [0.4, 0.5) is 4.79 Å². The number of ether oxygens (including phenoxy) is 2. The Hall–Kier alpha value is -3.62. The van der Waals surface area contributed by atoms with E-state index < -0.39 is 21.9 Å². The normalized spacial score (nSPS) is 17.1. The van der Waals surface area contributed by atoms with Gasteiger partial charge in [0.25, 0.3) is 11.1 Å². The third-order valence-corrected chi connectivity index (χ3v) is 6.65. The lowest BCUT2D eigenvalue weighted by molar-refractivity contribution is -0.150. The smallest absolute Gasteiger partial charge is 0.333 e. The van der Waals surface area contributed by atoms with Crippen LogP contribution in [0, 0.1) is 0 Å². The molecular weight excluding hydrogens is 490 g/mol. The highest BCUT2D eigenvalue weighted by Crippen LogP contribution is 2.37. The molecule has 2 amide bonds. The summed E-state index contributed by atoms with van der Waals surface area (Å²) in [5.74, 6) is -1.29. The van der Waals surface area contributed by atoms with Crippen molar-refractivity contribution in [2.45, 2.75) is 17.8 Å². The Morgan fingerprint density at radius 1 is 0.914 bits per heavy atom. The lowest BCUT2D eigenvalue weighted by Crippen LogP contribution is -2.46. The van der Waals surface area contributed by atoms with E-state index in [-0.39, 0.29) is 25.4 Å². The Labute approximate surface area is 210 Å². The number of esters is 1. The van der Waals surface area contributed by atoms with Gasteiger partial charge in [0, 0.05) is 17.0 Å².